The van der Waals surface area contributed by atoms with Crippen molar-refractivity contribution in [2.45, 2.75) is 38.1 Å². The van der Waals surface area contributed by atoms with Gasteiger partial charge in [-0.3, -0.25) is 9.59 Å². The van der Waals surface area contributed by atoms with E-state index in [2.05, 4.69) is 10.6 Å². The van der Waals surface area contributed by atoms with Gasteiger partial charge in [0.2, 0.25) is 11.8 Å². The van der Waals surface area contributed by atoms with Gasteiger partial charge in [-0.15, -0.1) is 12.4 Å². The van der Waals surface area contributed by atoms with Crippen molar-refractivity contribution in [1.29, 1.82) is 0 Å². The smallest absolute Gasteiger partial charge is 0.240 e. The van der Waals surface area contributed by atoms with E-state index in [1.165, 1.54) is 0 Å². The molecule has 16 heavy (non-hydrogen) atoms. The van der Waals surface area contributed by atoms with Gasteiger partial charge in [0, 0.05) is 13.0 Å². The van der Waals surface area contributed by atoms with Gasteiger partial charge in [0.25, 0.3) is 0 Å². The molecule has 0 spiro atoms. The molecule has 1 saturated heterocycles. The van der Waals surface area contributed by atoms with Gasteiger partial charge in [0.1, 0.15) is 0 Å². The number of primary amides is 1. The minimum absolute atomic E-state index is 0. The quantitative estimate of drug-likeness (QED) is 0.652. The zero-order chi connectivity index (χ0) is 11.3. The Bertz CT molecular complexity index is 252. The molecule has 0 aromatic heterocycles. The molecule has 94 valence electrons. The summed E-state index contributed by atoms with van der Waals surface area (Å²) in [6, 6.07) is 0. The summed E-state index contributed by atoms with van der Waals surface area (Å²) < 4.78 is 0. The Kier molecular flexibility index (Phi) is 6.36. The Morgan fingerprint density at radius 3 is 2.62 bits per heavy atom. The van der Waals surface area contributed by atoms with Crippen molar-refractivity contribution >= 4 is 24.2 Å². The van der Waals surface area contributed by atoms with Crippen LogP contribution >= 0.6 is 12.4 Å². The van der Waals surface area contributed by atoms with Gasteiger partial charge in [-0.25, -0.2) is 0 Å². The van der Waals surface area contributed by atoms with Crippen LogP contribution in [0.5, 0.6) is 0 Å². The standard InChI is InChI=1S/C10H19N3O2.ClH/c1-10(5-2-3-6-13-10)9(15)12-7-4-8(11)14;/h13H,2-7H2,1H3,(H2,11,14)(H,12,15);1H. The van der Waals surface area contributed by atoms with Gasteiger partial charge in [0.15, 0.2) is 0 Å². The number of carbonyl (C=O) groups is 2. The summed E-state index contributed by atoms with van der Waals surface area (Å²) in [5.74, 6) is -0.430. The Morgan fingerprint density at radius 1 is 1.44 bits per heavy atom. The monoisotopic (exact) mass is 249 g/mol. The average Bonchev–Trinajstić information content (AvgIpc) is 2.18. The van der Waals surface area contributed by atoms with E-state index < -0.39 is 11.4 Å². The molecule has 5 nitrogen and oxygen atoms in total. The molecule has 1 heterocycles. The van der Waals surface area contributed by atoms with Gasteiger partial charge in [-0.05, 0) is 32.7 Å². The minimum Gasteiger partial charge on any atom is -0.370 e. The summed E-state index contributed by atoms with van der Waals surface area (Å²) in [4.78, 5) is 22.3. The lowest BCUT2D eigenvalue weighted by atomic mass is 9.90. The van der Waals surface area contributed by atoms with Crippen molar-refractivity contribution in [3.63, 3.8) is 0 Å². The molecule has 1 aliphatic heterocycles. The second kappa shape index (κ2) is 6.70. The largest absolute Gasteiger partial charge is 0.370 e. The van der Waals surface area contributed by atoms with E-state index in [1.54, 1.807) is 0 Å². The van der Waals surface area contributed by atoms with Crippen LogP contribution in [0, 0.1) is 0 Å². The van der Waals surface area contributed by atoms with Crippen LogP contribution in [0.2, 0.25) is 0 Å². The fourth-order valence-electron chi connectivity index (χ4n) is 1.74. The Hall–Kier alpha value is -0.810. The molecule has 0 saturated carbocycles. The first-order chi connectivity index (χ1) is 7.04. The topological polar surface area (TPSA) is 84.2 Å². The van der Waals surface area contributed by atoms with Crippen LogP contribution in [0.4, 0.5) is 0 Å². The summed E-state index contributed by atoms with van der Waals surface area (Å²) in [5.41, 5.74) is 4.51. The molecule has 0 aromatic rings. The number of piperidine rings is 1. The zero-order valence-corrected chi connectivity index (χ0v) is 10.4. The lowest BCUT2D eigenvalue weighted by molar-refractivity contribution is -0.128. The van der Waals surface area contributed by atoms with Gasteiger partial charge in [-0.2, -0.15) is 0 Å². The lowest BCUT2D eigenvalue weighted by Gasteiger charge is -2.33. The zero-order valence-electron chi connectivity index (χ0n) is 9.54. The molecular formula is C10H20ClN3O2. The molecule has 1 rings (SSSR count). The first-order valence-electron chi connectivity index (χ1n) is 5.36. The highest BCUT2D eigenvalue weighted by Gasteiger charge is 2.33. The number of halogens is 1. The van der Waals surface area contributed by atoms with Crippen LogP contribution < -0.4 is 16.4 Å². The van der Waals surface area contributed by atoms with E-state index in [9.17, 15) is 9.59 Å². The van der Waals surface area contributed by atoms with Gasteiger partial charge >= 0.3 is 0 Å². The van der Waals surface area contributed by atoms with Gasteiger partial charge in [-0.1, -0.05) is 0 Å². The van der Waals surface area contributed by atoms with Crippen molar-refractivity contribution in [2.75, 3.05) is 13.1 Å². The molecule has 1 aliphatic rings. The molecule has 0 aromatic carbocycles. The summed E-state index contributed by atoms with van der Waals surface area (Å²) in [7, 11) is 0. The van der Waals surface area contributed by atoms with Gasteiger partial charge < -0.3 is 16.4 Å². The molecule has 4 N–H and O–H groups in total. The molecule has 0 bridgehead atoms. The lowest BCUT2D eigenvalue weighted by Crippen LogP contribution is -2.57. The number of nitrogens with two attached hydrogens (primary N) is 1. The number of nitrogens with one attached hydrogen (secondary N) is 2. The molecule has 1 atom stereocenters. The maximum Gasteiger partial charge on any atom is 0.240 e. The number of hydrogen-bond donors (Lipinski definition) is 3. The molecule has 1 unspecified atom stereocenters. The van der Waals surface area contributed by atoms with Crippen LogP contribution in [0.3, 0.4) is 0 Å². The molecule has 0 radical (unpaired) electrons. The highest BCUT2D eigenvalue weighted by molar-refractivity contribution is 5.86. The number of amides is 2. The first-order valence-corrected chi connectivity index (χ1v) is 5.36. The van der Waals surface area contributed by atoms with Gasteiger partial charge in [0.05, 0.1) is 5.54 Å². The van der Waals surface area contributed by atoms with Crippen LogP contribution in [0.25, 0.3) is 0 Å². The summed E-state index contributed by atoms with van der Waals surface area (Å²) in [6.07, 6.45) is 3.22. The maximum atomic E-state index is 11.8. The molecular weight excluding hydrogens is 230 g/mol. The number of carbonyl (C=O) groups excluding carboxylic acids is 2. The van der Waals surface area contributed by atoms with Crippen molar-refractivity contribution in [1.82, 2.24) is 10.6 Å². The molecule has 2 amide bonds. The van der Waals surface area contributed by atoms with E-state index >= 15 is 0 Å². The minimum atomic E-state index is -0.476. The highest BCUT2D eigenvalue weighted by Crippen LogP contribution is 2.18. The summed E-state index contributed by atoms with van der Waals surface area (Å²) in [6.45, 7) is 3.09. The number of rotatable bonds is 4. The van der Waals surface area contributed by atoms with E-state index in [0.29, 0.717) is 6.54 Å². The molecule has 1 fully saturated rings. The van der Waals surface area contributed by atoms with E-state index in [4.69, 9.17) is 5.73 Å². The Balaban J connectivity index is 0.00000225. The normalized spacial score (nSPS) is 24.3. The summed E-state index contributed by atoms with van der Waals surface area (Å²) in [5, 5.41) is 5.93. The first kappa shape index (κ1) is 15.2. The van der Waals surface area contributed by atoms with Crippen LogP contribution in [0.15, 0.2) is 0 Å². The number of hydrogen-bond acceptors (Lipinski definition) is 3. The predicted molar refractivity (Wildman–Crippen MR) is 64.3 cm³/mol. The average molecular weight is 250 g/mol. The fraction of sp³-hybridized carbons (Fsp3) is 0.800. The van der Waals surface area contributed by atoms with E-state index in [0.717, 1.165) is 25.8 Å². The second-order valence-corrected chi connectivity index (χ2v) is 4.19. The predicted octanol–water partition coefficient (Wildman–Crippen LogP) is -0.0680. The molecule has 6 heteroatoms. The van der Waals surface area contributed by atoms with Crippen LogP contribution in [-0.2, 0) is 9.59 Å². The second-order valence-electron chi connectivity index (χ2n) is 4.19. The van der Waals surface area contributed by atoms with Crippen molar-refractivity contribution in [3.05, 3.63) is 0 Å². The SMILES string of the molecule is CC1(C(=O)NCCC(N)=O)CCCCN1.Cl. The van der Waals surface area contributed by atoms with Crippen LogP contribution in [0.1, 0.15) is 32.6 Å². The fourth-order valence-corrected chi connectivity index (χ4v) is 1.74. The molecule has 0 aliphatic carbocycles. The third-order valence-corrected chi connectivity index (χ3v) is 2.78. The third-order valence-electron chi connectivity index (χ3n) is 2.78. The van der Waals surface area contributed by atoms with E-state index in [1.807, 2.05) is 6.92 Å². The van der Waals surface area contributed by atoms with Crippen molar-refractivity contribution in [2.24, 2.45) is 5.73 Å². The maximum absolute atomic E-state index is 11.8. The summed E-state index contributed by atoms with van der Waals surface area (Å²) >= 11 is 0. The van der Waals surface area contributed by atoms with Crippen molar-refractivity contribution in [3.8, 4) is 0 Å². The van der Waals surface area contributed by atoms with Crippen molar-refractivity contribution < 1.29 is 9.59 Å². The van der Waals surface area contributed by atoms with Crippen LogP contribution in [-0.4, -0.2) is 30.4 Å². The van der Waals surface area contributed by atoms with E-state index in [-0.39, 0.29) is 24.7 Å². The highest BCUT2D eigenvalue weighted by atomic mass is 35.5. The Labute approximate surface area is 102 Å². The third kappa shape index (κ3) is 4.37. The Morgan fingerprint density at radius 2 is 2.12 bits per heavy atom.